The van der Waals surface area contributed by atoms with Crippen molar-refractivity contribution < 1.29 is 29.5 Å². The monoisotopic (exact) mass is 452 g/mol. The number of amides is 4. The third-order valence-electron chi connectivity index (χ3n) is 7.20. The average molecular weight is 453 g/mol. The van der Waals surface area contributed by atoms with Crippen LogP contribution in [0.25, 0.3) is 0 Å². The zero-order valence-corrected chi connectivity index (χ0v) is 18.9. The van der Waals surface area contributed by atoms with Crippen molar-refractivity contribution >= 4 is 24.3 Å². The predicted octanol–water partition coefficient (Wildman–Crippen LogP) is 1.62. The van der Waals surface area contributed by atoms with E-state index in [2.05, 4.69) is 0 Å². The van der Waals surface area contributed by atoms with Gasteiger partial charge >= 0.3 is 6.09 Å². The van der Waals surface area contributed by atoms with Crippen molar-refractivity contribution in [1.82, 2.24) is 19.8 Å². The van der Waals surface area contributed by atoms with Crippen molar-refractivity contribution in [2.75, 3.05) is 33.2 Å². The first-order chi connectivity index (χ1) is 15.3. The number of hydrogen-bond acceptors (Lipinski definition) is 6. The molecule has 2 aliphatic heterocycles. The molecule has 10 heteroatoms. The lowest BCUT2D eigenvalue weighted by atomic mass is 9.91. The highest BCUT2D eigenvalue weighted by molar-refractivity contribution is 5.97. The van der Waals surface area contributed by atoms with Crippen molar-refractivity contribution in [3.63, 3.8) is 0 Å². The van der Waals surface area contributed by atoms with Gasteiger partial charge in [0, 0.05) is 13.1 Å². The second-order valence-corrected chi connectivity index (χ2v) is 9.55. The lowest BCUT2D eigenvalue weighted by Gasteiger charge is -2.38. The molecule has 0 spiro atoms. The zero-order chi connectivity index (χ0) is 23.3. The lowest BCUT2D eigenvalue weighted by molar-refractivity contribution is -0.159. The Morgan fingerprint density at radius 1 is 1.06 bits per heavy atom. The van der Waals surface area contributed by atoms with Crippen LogP contribution in [0.1, 0.15) is 57.8 Å². The number of nitrogens with zero attached hydrogens (tertiary/aromatic N) is 4. The number of hydroxylamine groups is 2. The predicted molar refractivity (Wildman–Crippen MR) is 115 cm³/mol. The first kappa shape index (κ1) is 24.4. The maximum absolute atomic E-state index is 13.5. The van der Waals surface area contributed by atoms with E-state index in [0.717, 1.165) is 43.5 Å². The molecule has 0 aromatic rings. The Morgan fingerprint density at radius 3 is 2.38 bits per heavy atom. The van der Waals surface area contributed by atoms with E-state index in [-0.39, 0.29) is 18.9 Å². The molecule has 3 aliphatic rings. The van der Waals surface area contributed by atoms with Gasteiger partial charge in [0.1, 0.15) is 6.04 Å². The van der Waals surface area contributed by atoms with E-state index in [1.165, 1.54) is 4.90 Å². The maximum atomic E-state index is 13.5. The van der Waals surface area contributed by atoms with Crippen LogP contribution in [0.4, 0.5) is 4.79 Å². The van der Waals surface area contributed by atoms with Gasteiger partial charge < -0.3 is 14.9 Å². The van der Waals surface area contributed by atoms with Crippen LogP contribution in [-0.4, -0.2) is 99.7 Å². The number of piperidine rings is 1. The summed E-state index contributed by atoms with van der Waals surface area (Å²) in [5, 5.41) is 20.1. The third-order valence-corrected chi connectivity index (χ3v) is 7.20. The van der Waals surface area contributed by atoms with Crippen LogP contribution < -0.4 is 0 Å². The highest BCUT2D eigenvalue weighted by Crippen LogP contribution is 2.33. The van der Waals surface area contributed by atoms with Crippen LogP contribution in [0, 0.1) is 11.8 Å². The normalized spacial score (nSPS) is 25.5. The van der Waals surface area contributed by atoms with Crippen molar-refractivity contribution in [2.45, 2.75) is 69.9 Å². The van der Waals surface area contributed by atoms with Gasteiger partial charge in [-0.1, -0.05) is 25.7 Å². The molecule has 3 rings (SSSR count). The molecule has 3 atom stereocenters. The average Bonchev–Trinajstić information content (AvgIpc) is 3.44. The largest absolute Gasteiger partial charge is 0.465 e. The van der Waals surface area contributed by atoms with Gasteiger partial charge in [-0.05, 0) is 51.6 Å². The molecule has 0 aromatic heterocycles. The molecule has 4 amide bonds. The second kappa shape index (κ2) is 11.1. The molecular formula is C22H36N4O6. The Bertz CT molecular complexity index is 698. The molecule has 1 unspecified atom stereocenters. The van der Waals surface area contributed by atoms with E-state index in [0.29, 0.717) is 49.8 Å². The van der Waals surface area contributed by atoms with Crippen LogP contribution >= 0.6 is 0 Å². The van der Waals surface area contributed by atoms with E-state index in [1.54, 1.807) is 0 Å². The minimum Gasteiger partial charge on any atom is -0.465 e. The summed E-state index contributed by atoms with van der Waals surface area (Å²) < 4.78 is 0. The van der Waals surface area contributed by atoms with Crippen molar-refractivity contribution in [2.24, 2.45) is 11.8 Å². The Labute approximate surface area is 189 Å². The molecule has 0 radical (unpaired) electrons. The van der Waals surface area contributed by atoms with Crippen LogP contribution in [-0.2, 0) is 14.4 Å². The summed E-state index contributed by atoms with van der Waals surface area (Å²) in [7, 11) is 1.91. The molecule has 0 bridgehead atoms. The number of likely N-dealkylation sites (N-methyl/N-ethyl adjacent to an activating group) is 1. The van der Waals surface area contributed by atoms with Gasteiger partial charge in [-0.25, -0.2) is 14.8 Å². The van der Waals surface area contributed by atoms with E-state index >= 15 is 0 Å². The van der Waals surface area contributed by atoms with Crippen molar-refractivity contribution in [3.8, 4) is 0 Å². The van der Waals surface area contributed by atoms with Gasteiger partial charge in [0.2, 0.25) is 12.3 Å². The van der Waals surface area contributed by atoms with E-state index < -0.39 is 30.0 Å². The summed E-state index contributed by atoms with van der Waals surface area (Å²) in [6.07, 6.45) is 6.27. The Kier molecular flexibility index (Phi) is 8.47. The van der Waals surface area contributed by atoms with Crippen LogP contribution in [0.5, 0.6) is 0 Å². The summed E-state index contributed by atoms with van der Waals surface area (Å²) in [4.78, 5) is 54.3. The Morgan fingerprint density at radius 2 is 1.75 bits per heavy atom. The number of carboxylic acid groups (broad SMARTS) is 1. The molecule has 32 heavy (non-hydrogen) atoms. The number of hydrogen-bond donors (Lipinski definition) is 2. The molecule has 1 saturated carbocycles. The topological polar surface area (TPSA) is 122 Å². The summed E-state index contributed by atoms with van der Waals surface area (Å²) in [5.74, 6) is -1.07. The molecule has 1 aliphatic carbocycles. The first-order valence-corrected chi connectivity index (χ1v) is 11.8. The summed E-state index contributed by atoms with van der Waals surface area (Å²) in [6, 6.07) is -1.24. The molecule has 10 nitrogen and oxygen atoms in total. The van der Waals surface area contributed by atoms with E-state index in [9.17, 15) is 29.5 Å². The number of rotatable bonds is 8. The fraction of sp³-hybridized carbons (Fsp3) is 0.818. The summed E-state index contributed by atoms with van der Waals surface area (Å²) in [6.45, 7) is 1.61. The minimum absolute atomic E-state index is 0.119. The maximum Gasteiger partial charge on any atom is 0.414 e. The third kappa shape index (κ3) is 5.78. The quantitative estimate of drug-likeness (QED) is 0.326. The van der Waals surface area contributed by atoms with Crippen molar-refractivity contribution in [1.29, 1.82) is 0 Å². The minimum atomic E-state index is -1.28. The van der Waals surface area contributed by atoms with Crippen LogP contribution in [0.2, 0.25) is 0 Å². The highest BCUT2D eigenvalue weighted by Gasteiger charge is 2.43. The Hall–Kier alpha value is -2.20. The molecule has 2 N–H and O–H groups in total. The van der Waals surface area contributed by atoms with Gasteiger partial charge in [0.05, 0.1) is 18.5 Å². The van der Waals surface area contributed by atoms with Crippen molar-refractivity contribution in [3.05, 3.63) is 0 Å². The van der Waals surface area contributed by atoms with Gasteiger partial charge in [0.15, 0.2) is 0 Å². The molecule has 180 valence electrons. The first-order valence-electron chi connectivity index (χ1n) is 11.8. The number of carbonyl (C=O) groups excluding carboxylic acids is 3. The summed E-state index contributed by atoms with van der Waals surface area (Å²) in [5.41, 5.74) is 0. The highest BCUT2D eigenvalue weighted by atomic mass is 16.5. The van der Waals surface area contributed by atoms with E-state index in [1.807, 2.05) is 11.9 Å². The SMILES string of the molecule is CN1CCCC(N(C(=O)O)C(=O)[C@@H]2CCCN2C(=O)[C@H](CC2CCCC2)CN(O)C=O)C1. The van der Waals surface area contributed by atoms with Gasteiger partial charge in [0.25, 0.3) is 5.91 Å². The van der Waals surface area contributed by atoms with Gasteiger partial charge in [-0.2, -0.15) is 0 Å². The molecular weight excluding hydrogens is 416 g/mol. The fourth-order valence-corrected chi connectivity index (χ4v) is 5.63. The summed E-state index contributed by atoms with van der Waals surface area (Å²) >= 11 is 0. The lowest BCUT2D eigenvalue weighted by Crippen LogP contribution is -2.57. The molecule has 2 saturated heterocycles. The molecule has 3 fully saturated rings. The van der Waals surface area contributed by atoms with Gasteiger partial charge in [-0.3, -0.25) is 19.6 Å². The zero-order valence-electron chi connectivity index (χ0n) is 18.9. The number of imide groups is 1. The van der Waals surface area contributed by atoms with Crippen LogP contribution in [0.3, 0.4) is 0 Å². The molecule has 0 aromatic carbocycles. The van der Waals surface area contributed by atoms with E-state index in [4.69, 9.17) is 0 Å². The fourth-order valence-electron chi connectivity index (χ4n) is 5.63. The second-order valence-electron chi connectivity index (χ2n) is 9.55. The standard InChI is InChI=1S/C22H36N4O6/c1-23-10-4-8-18(14-23)26(22(30)31)21(29)19-9-5-11-25(19)20(28)17(13-24(32)15-27)12-16-6-2-3-7-16/h15-19,32H,2-14H2,1H3,(H,30,31)/t17-,18?,19+/m1/s1. The smallest absolute Gasteiger partial charge is 0.414 e. The molecule has 2 heterocycles. The number of likely N-dealkylation sites (tertiary alicyclic amines) is 2. The van der Waals surface area contributed by atoms with Gasteiger partial charge in [-0.15, -0.1) is 0 Å². The van der Waals surface area contributed by atoms with Crippen LogP contribution in [0.15, 0.2) is 0 Å². The number of carbonyl (C=O) groups is 4. The Balaban J connectivity index is 1.75.